The molecule has 4 aromatic rings. The molecule has 232 valence electrons. The van der Waals surface area contributed by atoms with Gasteiger partial charge in [-0.1, -0.05) is 52.7 Å². The number of thiazole rings is 1. The molecule has 2 aromatic heterocycles. The van der Waals surface area contributed by atoms with Gasteiger partial charge in [0.25, 0.3) is 0 Å². The zero-order valence-electron chi connectivity index (χ0n) is 23.5. The number of carbonyl (C=O) groups excluding carboxylic acids is 2. The van der Waals surface area contributed by atoms with Crippen LogP contribution in [0.25, 0.3) is 21.5 Å². The lowest BCUT2D eigenvalue weighted by atomic mass is 9.97. The molecule has 6 rings (SSSR count). The molecule has 0 spiro atoms. The van der Waals surface area contributed by atoms with Gasteiger partial charge in [0, 0.05) is 36.9 Å². The normalized spacial score (nSPS) is 18.9. The Balaban J connectivity index is 1.25. The van der Waals surface area contributed by atoms with Crippen LogP contribution in [0.15, 0.2) is 34.9 Å². The van der Waals surface area contributed by atoms with Gasteiger partial charge in [0.05, 0.1) is 38.5 Å². The maximum absolute atomic E-state index is 13.9. The monoisotopic (exact) mass is 667 g/mol. The quantitative estimate of drug-likeness (QED) is 0.181. The summed E-state index contributed by atoms with van der Waals surface area (Å²) in [5.74, 6) is -0.936. The molecule has 0 radical (unpaired) electrons. The number of fused-ring (bicyclic) bond motifs is 1. The van der Waals surface area contributed by atoms with E-state index in [4.69, 9.17) is 32.5 Å². The van der Waals surface area contributed by atoms with Gasteiger partial charge in [0.2, 0.25) is 0 Å². The summed E-state index contributed by atoms with van der Waals surface area (Å²) in [6, 6.07) is 6.97. The van der Waals surface area contributed by atoms with Gasteiger partial charge in [-0.2, -0.15) is 13.2 Å². The summed E-state index contributed by atoms with van der Waals surface area (Å²) in [6.45, 7) is 2.35. The van der Waals surface area contributed by atoms with Crippen molar-refractivity contribution in [2.45, 2.75) is 63.3 Å². The van der Waals surface area contributed by atoms with E-state index in [9.17, 15) is 22.8 Å². The maximum Gasteiger partial charge on any atom is 0.418 e. The summed E-state index contributed by atoms with van der Waals surface area (Å²) in [5, 5.41) is 5.21. The fraction of sp³-hybridized carbons (Fsp3) is 0.400. The Labute approximate surface area is 264 Å². The summed E-state index contributed by atoms with van der Waals surface area (Å²) < 4.78 is 58.3. The Kier molecular flexibility index (Phi) is 8.27. The van der Waals surface area contributed by atoms with Crippen molar-refractivity contribution in [2.24, 2.45) is 0 Å². The van der Waals surface area contributed by atoms with Crippen LogP contribution in [-0.2, 0) is 15.7 Å². The average molecular weight is 669 g/mol. The number of methoxy groups -OCH3 is 1. The minimum absolute atomic E-state index is 0.0608. The van der Waals surface area contributed by atoms with Gasteiger partial charge < -0.3 is 18.9 Å². The van der Waals surface area contributed by atoms with E-state index in [1.165, 1.54) is 6.07 Å². The highest BCUT2D eigenvalue weighted by Crippen LogP contribution is 2.47. The van der Waals surface area contributed by atoms with Gasteiger partial charge in [-0.25, -0.2) is 14.6 Å². The molecule has 44 heavy (non-hydrogen) atoms. The average Bonchev–Trinajstić information content (AvgIpc) is 3.59. The number of rotatable bonds is 7. The number of aromatic nitrogens is 2. The zero-order valence-corrected chi connectivity index (χ0v) is 25.9. The molecule has 2 aliphatic rings. The Morgan fingerprint density at radius 3 is 2.50 bits per heavy atom. The molecule has 1 aliphatic carbocycles. The number of alkyl halides is 3. The lowest BCUT2D eigenvalue weighted by Crippen LogP contribution is -2.45. The number of halogens is 5. The predicted octanol–water partition coefficient (Wildman–Crippen LogP) is 8.55. The summed E-state index contributed by atoms with van der Waals surface area (Å²) in [5.41, 5.74) is -0.576. The molecule has 2 aromatic carbocycles. The van der Waals surface area contributed by atoms with Crippen molar-refractivity contribution in [3.8, 4) is 11.3 Å². The number of carbonyl (C=O) groups is 2. The van der Waals surface area contributed by atoms with Crippen LogP contribution in [0.3, 0.4) is 0 Å². The van der Waals surface area contributed by atoms with E-state index >= 15 is 0 Å². The van der Waals surface area contributed by atoms with Crippen LogP contribution in [-0.4, -0.2) is 47.9 Å². The molecule has 1 aliphatic heterocycles. The summed E-state index contributed by atoms with van der Waals surface area (Å²) in [4.78, 5) is 32.1. The third kappa shape index (κ3) is 5.75. The molecule has 8 nitrogen and oxygen atoms in total. The SMILES string of the molecule is CC[C@@H]1C[C@H](OC(=O)c2c(-c3c(Cl)cccc3Cl)noc2C2CC2)CCN1c1nc2c(C(F)(F)F)cc(C(=O)OC)cc2s1. The number of benzene rings is 2. The van der Waals surface area contributed by atoms with Crippen LogP contribution in [0, 0.1) is 0 Å². The first kappa shape index (κ1) is 30.7. The first-order valence-electron chi connectivity index (χ1n) is 14.0. The molecule has 3 heterocycles. The second kappa shape index (κ2) is 11.9. The third-order valence-corrected chi connectivity index (χ3v) is 9.61. The third-order valence-electron chi connectivity index (χ3n) is 7.94. The number of nitrogens with zero attached hydrogens (tertiary/aromatic N) is 3. The van der Waals surface area contributed by atoms with Gasteiger partial charge in [-0.05, 0) is 43.5 Å². The first-order valence-corrected chi connectivity index (χ1v) is 15.6. The van der Waals surface area contributed by atoms with Gasteiger partial charge in [-0.15, -0.1) is 0 Å². The smallest absolute Gasteiger partial charge is 0.418 e. The van der Waals surface area contributed by atoms with Crippen molar-refractivity contribution in [3.05, 3.63) is 62.8 Å². The molecule has 0 amide bonds. The molecule has 0 bridgehead atoms. The van der Waals surface area contributed by atoms with Crippen LogP contribution in [0.4, 0.5) is 18.3 Å². The molecule has 2 fully saturated rings. The van der Waals surface area contributed by atoms with E-state index in [2.05, 4.69) is 14.9 Å². The molecule has 0 unspecified atom stereocenters. The number of anilines is 1. The van der Waals surface area contributed by atoms with E-state index in [0.29, 0.717) is 52.3 Å². The maximum atomic E-state index is 13.9. The van der Waals surface area contributed by atoms with Crippen LogP contribution < -0.4 is 4.90 Å². The number of hydrogen-bond acceptors (Lipinski definition) is 9. The molecule has 14 heteroatoms. The Morgan fingerprint density at radius 1 is 1.14 bits per heavy atom. The van der Waals surface area contributed by atoms with Crippen molar-refractivity contribution in [1.29, 1.82) is 0 Å². The zero-order chi connectivity index (χ0) is 31.3. The fourth-order valence-electron chi connectivity index (χ4n) is 5.58. The van der Waals surface area contributed by atoms with Crippen molar-refractivity contribution in [2.75, 3.05) is 18.6 Å². The van der Waals surface area contributed by atoms with Gasteiger partial charge in [0.1, 0.15) is 17.4 Å². The van der Waals surface area contributed by atoms with Crippen LogP contribution in [0.1, 0.15) is 77.0 Å². The van der Waals surface area contributed by atoms with Gasteiger partial charge >= 0.3 is 18.1 Å². The fourth-order valence-corrected chi connectivity index (χ4v) is 7.29. The van der Waals surface area contributed by atoms with Crippen molar-refractivity contribution >= 4 is 61.8 Å². The van der Waals surface area contributed by atoms with Crippen LogP contribution in [0.2, 0.25) is 10.0 Å². The van der Waals surface area contributed by atoms with E-state index < -0.39 is 29.8 Å². The summed E-state index contributed by atoms with van der Waals surface area (Å²) >= 11 is 13.9. The molecular weight excluding hydrogens is 642 g/mol. The van der Waals surface area contributed by atoms with E-state index in [1.807, 2.05) is 11.8 Å². The highest BCUT2D eigenvalue weighted by atomic mass is 35.5. The minimum Gasteiger partial charge on any atom is -0.465 e. The Morgan fingerprint density at radius 2 is 1.86 bits per heavy atom. The van der Waals surface area contributed by atoms with Crippen molar-refractivity contribution in [1.82, 2.24) is 10.1 Å². The van der Waals surface area contributed by atoms with Crippen molar-refractivity contribution in [3.63, 3.8) is 0 Å². The van der Waals surface area contributed by atoms with E-state index in [0.717, 1.165) is 37.4 Å². The second-order valence-corrected chi connectivity index (χ2v) is 12.6. The predicted molar refractivity (Wildman–Crippen MR) is 160 cm³/mol. The lowest BCUT2D eigenvalue weighted by Gasteiger charge is -2.38. The first-order chi connectivity index (χ1) is 21.0. The highest BCUT2D eigenvalue weighted by Gasteiger charge is 2.40. The lowest BCUT2D eigenvalue weighted by molar-refractivity contribution is -0.136. The molecule has 1 saturated carbocycles. The number of hydrogen-bond donors (Lipinski definition) is 0. The largest absolute Gasteiger partial charge is 0.465 e. The van der Waals surface area contributed by atoms with Crippen molar-refractivity contribution < 1.29 is 36.8 Å². The van der Waals surface area contributed by atoms with Gasteiger partial charge in [0.15, 0.2) is 10.9 Å². The van der Waals surface area contributed by atoms with Gasteiger partial charge in [-0.3, -0.25) is 0 Å². The number of esters is 2. The van der Waals surface area contributed by atoms with E-state index in [1.54, 1.807) is 18.2 Å². The second-order valence-electron chi connectivity index (χ2n) is 10.8. The topological polar surface area (TPSA) is 94.8 Å². The molecule has 2 atom stereocenters. The highest BCUT2D eigenvalue weighted by molar-refractivity contribution is 7.22. The molecular formula is C30H26Cl2F3N3O5S. The Bertz CT molecular complexity index is 1730. The molecule has 1 saturated heterocycles. The standard InChI is InChI=1S/C30H26Cl2F3N3O5S/c1-3-16-13-17(42-28(40)23-25(37-43-26(23)14-7-8-14)22-19(31)5-4-6-20(22)32)9-10-38(16)29-36-24-18(30(33,34)35)11-15(27(39)41-2)12-21(24)44-29/h4-6,11-12,14,16-17H,3,7-10,13H2,1-2H3/t16-,17-/m1/s1. The Hall–Kier alpha value is -3.35. The number of piperidine rings is 1. The minimum atomic E-state index is -4.71. The number of ether oxygens (including phenoxy) is 2. The summed E-state index contributed by atoms with van der Waals surface area (Å²) in [6.07, 6.45) is -1.97. The van der Waals surface area contributed by atoms with E-state index in [-0.39, 0.29) is 39.0 Å². The molecule has 0 N–H and O–H groups in total. The van der Waals surface area contributed by atoms with Crippen LogP contribution >= 0.6 is 34.5 Å². The van der Waals surface area contributed by atoms with Crippen LogP contribution in [0.5, 0.6) is 0 Å². The summed E-state index contributed by atoms with van der Waals surface area (Å²) in [7, 11) is 1.11.